The third-order valence-corrected chi connectivity index (χ3v) is 4.81. The molecule has 138 valence electrons. The van der Waals surface area contributed by atoms with Crippen molar-refractivity contribution in [1.82, 2.24) is 20.2 Å². The molecule has 2 N–H and O–H groups in total. The number of carbonyl (C=O) groups is 1. The zero-order chi connectivity index (χ0) is 17.6. The van der Waals surface area contributed by atoms with Gasteiger partial charge >= 0.3 is 6.03 Å². The molecule has 1 aromatic heterocycles. The molecule has 0 unspecified atom stereocenters. The molecule has 0 aromatic carbocycles. The Bertz CT molecular complexity index is 584. The minimum Gasteiger partial charge on any atom is -0.377 e. The number of ether oxygens (including phenoxy) is 1. The van der Waals surface area contributed by atoms with E-state index >= 15 is 0 Å². The second kappa shape index (κ2) is 8.33. The number of aromatic nitrogens is 2. The van der Waals surface area contributed by atoms with E-state index in [-0.39, 0.29) is 18.2 Å². The van der Waals surface area contributed by atoms with Crippen LogP contribution in [0.1, 0.15) is 26.2 Å². The van der Waals surface area contributed by atoms with Gasteiger partial charge in [0.2, 0.25) is 0 Å². The molecule has 0 saturated carbocycles. The molecule has 0 bridgehead atoms. The smallest absolute Gasteiger partial charge is 0.317 e. The summed E-state index contributed by atoms with van der Waals surface area (Å²) >= 11 is 0. The molecule has 25 heavy (non-hydrogen) atoms. The highest BCUT2D eigenvalue weighted by Gasteiger charge is 2.27. The predicted molar refractivity (Wildman–Crippen MR) is 96.9 cm³/mol. The van der Waals surface area contributed by atoms with Gasteiger partial charge in [-0.15, -0.1) is 0 Å². The van der Waals surface area contributed by atoms with Gasteiger partial charge in [0.05, 0.1) is 6.10 Å². The van der Waals surface area contributed by atoms with E-state index in [1.54, 1.807) is 6.33 Å². The lowest BCUT2D eigenvalue weighted by Gasteiger charge is -2.28. The van der Waals surface area contributed by atoms with Crippen LogP contribution in [0.25, 0.3) is 0 Å². The van der Waals surface area contributed by atoms with Gasteiger partial charge in [0, 0.05) is 51.9 Å². The van der Waals surface area contributed by atoms with Crippen LogP contribution in [0, 0.1) is 0 Å². The number of carbonyl (C=O) groups excluding carboxylic acids is 1. The maximum atomic E-state index is 12.5. The molecule has 8 heteroatoms. The number of hydrogen-bond donors (Lipinski definition) is 2. The first-order chi connectivity index (χ1) is 12.2. The maximum absolute atomic E-state index is 12.5. The van der Waals surface area contributed by atoms with Gasteiger partial charge in [-0.3, -0.25) is 0 Å². The van der Waals surface area contributed by atoms with Crippen molar-refractivity contribution in [3.05, 3.63) is 12.4 Å². The number of rotatable bonds is 4. The minimum atomic E-state index is 0.00259. The first-order valence-corrected chi connectivity index (χ1v) is 9.08. The molecular formula is C17H28N6O2. The van der Waals surface area contributed by atoms with E-state index < -0.39 is 0 Å². The molecule has 0 spiro atoms. The summed E-state index contributed by atoms with van der Waals surface area (Å²) in [5.41, 5.74) is 0. The molecule has 2 amide bonds. The van der Waals surface area contributed by atoms with Gasteiger partial charge in [-0.05, 0) is 26.2 Å². The van der Waals surface area contributed by atoms with E-state index in [1.165, 1.54) is 0 Å². The Labute approximate surface area is 148 Å². The molecule has 3 heterocycles. The van der Waals surface area contributed by atoms with E-state index in [2.05, 4.69) is 25.5 Å². The summed E-state index contributed by atoms with van der Waals surface area (Å²) in [6.45, 7) is 5.72. The van der Waals surface area contributed by atoms with Crippen molar-refractivity contribution in [1.29, 1.82) is 0 Å². The van der Waals surface area contributed by atoms with Crippen molar-refractivity contribution in [2.45, 2.75) is 38.3 Å². The van der Waals surface area contributed by atoms with Crippen molar-refractivity contribution in [3.63, 3.8) is 0 Å². The summed E-state index contributed by atoms with van der Waals surface area (Å²) in [5.74, 6) is 1.71. The van der Waals surface area contributed by atoms with E-state index in [9.17, 15) is 4.79 Å². The van der Waals surface area contributed by atoms with E-state index in [0.29, 0.717) is 13.1 Å². The number of nitrogens with one attached hydrogen (secondary N) is 2. The van der Waals surface area contributed by atoms with Crippen LogP contribution < -0.4 is 15.5 Å². The van der Waals surface area contributed by atoms with Crippen molar-refractivity contribution < 1.29 is 9.53 Å². The third kappa shape index (κ3) is 4.50. The Morgan fingerprint density at radius 3 is 3.08 bits per heavy atom. The molecule has 0 aliphatic carbocycles. The van der Waals surface area contributed by atoms with Gasteiger partial charge in [0.15, 0.2) is 0 Å². The van der Waals surface area contributed by atoms with Crippen LogP contribution in [-0.2, 0) is 4.74 Å². The van der Waals surface area contributed by atoms with Crippen LogP contribution in [0.4, 0.5) is 16.4 Å². The Hall–Kier alpha value is -2.09. The lowest BCUT2D eigenvalue weighted by atomic mass is 10.2. The Morgan fingerprint density at radius 2 is 2.24 bits per heavy atom. The fourth-order valence-corrected chi connectivity index (χ4v) is 3.49. The standard InChI is InChI=1S/C17H28N6O2/c1-13-11-22(6-4-8-25-13)17(24)19-10-14-5-3-7-23(14)16-9-15(18-2)20-12-21-16/h9,12-14H,3-8,10-11H2,1-2H3,(H,19,24)(H,18,20,21)/t13-,14+/m1/s1. The summed E-state index contributed by atoms with van der Waals surface area (Å²) in [5, 5.41) is 6.14. The quantitative estimate of drug-likeness (QED) is 0.854. The van der Waals surface area contributed by atoms with Gasteiger partial charge in [-0.25, -0.2) is 14.8 Å². The van der Waals surface area contributed by atoms with E-state index in [4.69, 9.17) is 4.74 Å². The first-order valence-electron chi connectivity index (χ1n) is 9.08. The van der Waals surface area contributed by atoms with E-state index in [0.717, 1.165) is 50.6 Å². The van der Waals surface area contributed by atoms with Crippen molar-refractivity contribution >= 4 is 17.7 Å². The highest BCUT2D eigenvalue weighted by atomic mass is 16.5. The molecule has 8 nitrogen and oxygen atoms in total. The third-order valence-electron chi connectivity index (χ3n) is 4.81. The summed E-state index contributed by atoms with van der Waals surface area (Å²) < 4.78 is 5.61. The Balaban J connectivity index is 1.57. The predicted octanol–water partition coefficient (Wildman–Crippen LogP) is 1.31. The number of anilines is 2. The number of nitrogens with zero attached hydrogens (tertiary/aromatic N) is 4. The Kier molecular flexibility index (Phi) is 5.91. The van der Waals surface area contributed by atoms with Crippen LogP contribution >= 0.6 is 0 Å². The van der Waals surface area contributed by atoms with Crippen LogP contribution in [-0.4, -0.2) is 72.9 Å². The Morgan fingerprint density at radius 1 is 1.36 bits per heavy atom. The second-order valence-corrected chi connectivity index (χ2v) is 6.67. The number of urea groups is 1. The summed E-state index contributed by atoms with van der Waals surface area (Å²) in [7, 11) is 1.85. The molecule has 2 aliphatic rings. The zero-order valence-corrected chi connectivity index (χ0v) is 15.1. The average Bonchev–Trinajstić information content (AvgIpc) is 3.00. The zero-order valence-electron chi connectivity index (χ0n) is 15.1. The fourth-order valence-electron chi connectivity index (χ4n) is 3.49. The number of hydrogen-bond acceptors (Lipinski definition) is 6. The minimum absolute atomic E-state index is 0.00259. The maximum Gasteiger partial charge on any atom is 0.317 e. The summed E-state index contributed by atoms with van der Waals surface area (Å²) in [4.78, 5) is 25.2. The monoisotopic (exact) mass is 348 g/mol. The van der Waals surface area contributed by atoms with Gasteiger partial charge < -0.3 is 25.2 Å². The molecule has 1 aromatic rings. The molecule has 2 saturated heterocycles. The average molecular weight is 348 g/mol. The molecule has 2 aliphatic heterocycles. The summed E-state index contributed by atoms with van der Waals surface area (Å²) in [6, 6.07) is 2.22. The second-order valence-electron chi connectivity index (χ2n) is 6.67. The van der Waals surface area contributed by atoms with Crippen LogP contribution in [0.5, 0.6) is 0 Å². The largest absolute Gasteiger partial charge is 0.377 e. The molecule has 2 fully saturated rings. The summed E-state index contributed by atoms with van der Waals surface area (Å²) in [6.07, 6.45) is 4.72. The van der Waals surface area contributed by atoms with Crippen molar-refractivity contribution in [3.8, 4) is 0 Å². The van der Waals surface area contributed by atoms with Gasteiger partial charge in [0.1, 0.15) is 18.0 Å². The fraction of sp³-hybridized carbons (Fsp3) is 0.706. The van der Waals surface area contributed by atoms with Crippen LogP contribution in [0.15, 0.2) is 12.4 Å². The topological polar surface area (TPSA) is 82.6 Å². The van der Waals surface area contributed by atoms with E-state index in [1.807, 2.05) is 24.9 Å². The van der Waals surface area contributed by atoms with Crippen LogP contribution in [0.3, 0.4) is 0 Å². The first kappa shape index (κ1) is 17.7. The number of amides is 2. The molecule has 3 rings (SSSR count). The normalized spacial score (nSPS) is 24.1. The molecule has 2 atom stereocenters. The van der Waals surface area contributed by atoms with Crippen molar-refractivity contribution in [2.75, 3.05) is 50.1 Å². The van der Waals surface area contributed by atoms with Gasteiger partial charge in [-0.1, -0.05) is 0 Å². The molecular weight excluding hydrogens is 320 g/mol. The lowest BCUT2D eigenvalue weighted by Crippen LogP contribution is -2.47. The van der Waals surface area contributed by atoms with Crippen LogP contribution in [0.2, 0.25) is 0 Å². The molecule has 0 radical (unpaired) electrons. The SMILES string of the molecule is CNc1cc(N2CCC[C@H]2CNC(=O)N2CCCO[C@H](C)C2)ncn1. The highest BCUT2D eigenvalue weighted by Crippen LogP contribution is 2.24. The van der Waals surface area contributed by atoms with Gasteiger partial charge in [-0.2, -0.15) is 0 Å². The van der Waals surface area contributed by atoms with Crippen molar-refractivity contribution in [2.24, 2.45) is 0 Å². The lowest BCUT2D eigenvalue weighted by molar-refractivity contribution is 0.0710. The highest BCUT2D eigenvalue weighted by molar-refractivity contribution is 5.74. The van der Waals surface area contributed by atoms with Gasteiger partial charge in [0.25, 0.3) is 0 Å².